The van der Waals surface area contributed by atoms with Gasteiger partial charge < -0.3 is 4.90 Å². The van der Waals surface area contributed by atoms with Gasteiger partial charge in [-0.05, 0) is 23.1 Å². The first-order chi connectivity index (χ1) is 9.25. The summed E-state index contributed by atoms with van der Waals surface area (Å²) in [5.41, 5.74) is 4.77. The number of thioether (sulfide) groups is 1. The van der Waals surface area contributed by atoms with Crippen LogP contribution in [0.25, 0.3) is 16.8 Å². The summed E-state index contributed by atoms with van der Waals surface area (Å²) in [5, 5.41) is 2.73. The standard InChI is InChI=1S/C15H13ClN2S/c1-18-10-19-9-14(18)13-5-3-2-4-12(13)11-6-7-15(16)17-8-11/h2-9H,10H2,1H3. The monoisotopic (exact) mass is 288 g/mol. The minimum absolute atomic E-state index is 0.522. The number of nitrogens with zero attached hydrogens (tertiary/aromatic N) is 2. The Kier molecular flexibility index (Phi) is 3.49. The van der Waals surface area contributed by atoms with Crippen molar-refractivity contribution in [1.29, 1.82) is 0 Å². The molecule has 0 fully saturated rings. The molecular formula is C15H13ClN2S. The van der Waals surface area contributed by atoms with E-state index in [1.54, 1.807) is 0 Å². The van der Waals surface area contributed by atoms with Crippen LogP contribution in [-0.4, -0.2) is 22.8 Å². The van der Waals surface area contributed by atoms with Crippen molar-refractivity contribution in [1.82, 2.24) is 9.88 Å². The maximum absolute atomic E-state index is 5.86. The van der Waals surface area contributed by atoms with E-state index in [0.29, 0.717) is 5.15 Å². The number of hydrogen-bond acceptors (Lipinski definition) is 3. The van der Waals surface area contributed by atoms with Gasteiger partial charge >= 0.3 is 0 Å². The van der Waals surface area contributed by atoms with Gasteiger partial charge in [0.15, 0.2) is 0 Å². The predicted octanol–water partition coefficient (Wildman–Crippen LogP) is 4.34. The summed E-state index contributed by atoms with van der Waals surface area (Å²) in [6, 6.07) is 12.2. The quantitative estimate of drug-likeness (QED) is 0.765. The van der Waals surface area contributed by atoms with Crippen LogP contribution in [0.1, 0.15) is 5.56 Å². The molecule has 0 atom stereocenters. The Labute approximate surface area is 122 Å². The number of aromatic nitrogens is 1. The molecular weight excluding hydrogens is 276 g/mol. The summed E-state index contributed by atoms with van der Waals surface area (Å²) in [6.45, 7) is 0. The first-order valence-corrected chi connectivity index (χ1v) is 7.42. The predicted molar refractivity (Wildman–Crippen MR) is 82.9 cm³/mol. The second-order valence-corrected chi connectivity index (χ2v) is 5.63. The molecule has 1 aromatic heterocycles. The molecule has 0 radical (unpaired) electrons. The van der Waals surface area contributed by atoms with E-state index in [2.05, 4.69) is 46.6 Å². The molecule has 19 heavy (non-hydrogen) atoms. The Morgan fingerprint density at radius 1 is 1.16 bits per heavy atom. The van der Waals surface area contributed by atoms with Crippen LogP contribution in [0.4, 0.5) is 0 Å². The Balaban J connectivity index is 2.09. The summed E-state index contributed by atoms with van der Waals surface area (Å²) in [4.78, 5) is 6.43. The molecule has 0 unspecified atom stereocenters. The number of pyridine rings is 1. The summed E-state index contributed by atoms with van der Waals surface area (Å²) < 4.78 is 0. The fourth-order valence-electron chi connectivity index (χ4n) is 2.15. The molecule has 0 saturated carbocycles. The van der Waals surface area contributed by atoms with Crippen molar-refractivity contribution in [3.05, 3.63) is 58.7 Å². The van der Waals surface area contributed by atoms with Crippen LogP contribution >= 0.6 is 23.4 Å². The Bertz CT molecular complexity index is 622. The van der Waals surface area contributed by atoms with Crippen molar-refractivity contribution in [2.45, 2.75) is 0 Å². The van der Waals surface area contributed by atoms with Crippen LogP contribution in [0.5, 0.6) is 0 Å². The molecule has 96 valence electrons. The summed E-state index contributed by atoms with van der Waals surface area (Å²) in [6.07, 6.45) is 1.82. The summed E-state index contributed by atoms with van der Waals surface area (Å²) in [5.74, 6) is 1.00. The third-order valence-corrected chi connectivity index (χ3v) is 4.27. The average Bonchev–Trinajstić information content (AvgIpc) is 2.86. The SMILES string of the molecule is CN1CSC=C1c1ccccc1-c1ccc(Cl)nc1. The molecule has 2 nitrogen and oxygen atoms in total. The van der Waals surface area contributed by atoms with Gasteiger partial charge in [0.1, 0.15) is 5.15 Å². The molecule has 4 heteroatoms. The van der Waals surface area contributed by atoms with Crippen LogP contribution < -0.4 is 0 Å². The lowest BCUT2D eigenvalue weighted by Gasteiger charge is -2.18. The van der Waals surface area contributed by atoms with Gasteiger partial charge in [-0.15, -0.1) is 11.8 Å². The van der Waals surface area contributed by atoms with Crippen LogP contribution in [0.2, 0.25) is 5.15 Å². The molecule has 0 saturated heterocycles. The number of hydrogen-bond donors (Lipinski definition) is 0. The van der Waals surface area contributed by atoms with E-state index in [9.17, 15) is 0 Å². The summed E-state index contributed by atoms with van der Waals surface area (Å²) >= 11 is 7.67. The third kappa shape index (κ3) is 2.48. The molecule has 0 aliphatic carbocycles. The first kappa shape index (κ1) is 12.6. The van der Waals surface area contributed by atoms with Crippen molar-refractivity contribution in [2.24, 2.45) is 0 Å². The van der Waals surface area contributed by atoms with Crippen LogP contribution in [0, 0.1) is 0 Å². The first-order valence-electron chi connectivity index (χ1n) is 6.00. The molecule has 1 aromatic carbocycles. The zero-order valence-electron chi connectivity index (χ0n) is 10.5. The lowest BCUT2D eigenvalue weighted by Crippen LogP contribution is -2.11. The fraction of sp³-hybridized carbons (Fsp3) is 0.133. The molecule has 0 N–H and O–H groups in total. The normalized spacial score (nSPS) is 14.6. The van der Waals surface area contributed by atoms with Gasteiger partial charge in [0.2, 0.25) is 0 Å². The Morgan fingerprint density at radius 3 is 2.58 bits per heavy atom. The van der Waals surface area contributed by atoms with Crippen LogP contribution in [0.3, 0.4) is 0 Å². The van der Waals surface area contributed by atoms with Gasteiger partial charge in [-0.3, -0.25) is 0 Å². The molecule has 2 aromatic rings. The van der Waals surface area contributed by atoms with Gasteiger partial charge in [0, 0.05) is 24.4 Å². The lowest BCUT2D eigenvalue weighted by molar-refractivity contribution is 0.578. The van der Waals surface area contributed by atoms with E-state index in [4.69, 9.17) is 11.6 Å². The minimum atomic E-state index is 0.522. The number of halogens is 1. The highest BCUT2D eigenvalue weighted by atomic mass is 35.5. The smallest absolute Gasteiger partial charge is 0.129 e. The lowest BCUT2D eigenvalue weighted by atomic mass is 9.99. The fourth-order valence-corrected chi connectivity index (χ4v) is 3.16. The maximum atomic E-state index is 5.86. The largest absolute Gasteiger partial charge is 0.364 e. The molecule has 0 amide bonds. The average molecular weight is 289 g/mol. The van der Waals surface area contributed by atoms with Crippen molar-refractivity contribution >= 4 is 29.1 Å². The number of benzene rings is 1. The van der Waals surface area contributed by atoms with Crippen molar-refractivity contribution in [2.75, 3.05) is 12.9 Å². The van der Waals surface area contributed by atoms with E-state index in [1.165, 1.54) is 16.8 Å². The zero-order valence-corrected chi connectivity index (χ0v) is 12.1. The molecule has 1 aliphatic heterocycles. The highest BCUT2D eigenvalue weighted by Crippen LogP contribution is 2.35. The van der Waals surface area contributed by atoms with Crippen LogP contribution in [-0.2, 0) is 0 Å². The van der Waals surface area contributed by atoms with Crippen molar-refractivity contribution in [3.8, 4) is 11.1 Å². The van der Waals surface area contributed by atoms with Gasteiger partial charge in [0.05, 0.1) is 11.6 Å². The zero-order chi connectivity index (χ0) is 13.2. The van der Waals surface area contributed by atoms with E-state index >= 15 is 0 Å². The number of rotatable bonds is 2. The van der Waals surface area contributed by atoms with E-state index in [0.717, 1.165) is 11.4 Å². The second kappa shape index (κ2) is 5.27. The van der Waals surface area contributed by atoms with E-state index in [-0.39, 0.29) is 0 Å². The summed E-state index contributed by atoms with van der Waals surface area (Å²) in [7, 11) is 2.11. The van der Waals surface area contributed by atoms with Crippen LogP contribution in [0.15, 0.2) is 48.0 Å². The van der Waals surface area contributed by atoms with Gasteiger partial charge in [-0.1, -0.05) is 35.9 Å². The Morgan fingerprint density at radius 2 is 1.95 bits per heavy atom. The van der Waals surface area contributed by atoms with Gasteiger partial charge in [-0.25, -0.2) is 4.98 Å². The Hall–Kier alpha value is -1.45. The topological polar surface area (TPSA) is 16.1 Å². The minimum Gasteiger partial charge on any atom is -0.364 e. The molecule has 1 aliphatic rings. The van der Waals surface area contributed by atoms with Crippen molar-refractivity contribution < 1.29 is 0 Å². The molecule has 2 heterocycles. The van der Waals surface area contributed by atoms with E-state index in [1.807, 2.05) is 30.1 Å². The molecule has 0 spiro atoms. The maximum Gasteiger partial charge on any atom is 0.129 e. The van der Waals surface area contributed by atoms with E-state index < -0.39 is 0 Å². The molecule has 0 bridgehead atoms. The highest BCUT2D eigenvalue weighted by Gasteiger charge is 2.16. The van der Waals surface area contributed by atoms with Crippen molar-refractivity contribution in [3.63, 3.8) is 0 Å². The molecule has 3 rings (SSSR count). The highest BCUT2D eigenvalue weighted by molar-refractivity contribution is 8.02. The van der Waals surface area contributed by atoms with Gasteiger partial charge in [0.25, 0.3) is 0 Å². The third-order valence-electron chi connectivity index (χ3n) is 3.12. The second-order valence-electron chi connectivity index (χ2n) is 4.41. The van der Waals surface area contributed by atoms with Gasteiger partial charge in [-0.2, -0.15) is 0 Å².